The van der Waals surface area contributed by atoms with Crippen molar-refractivity contribution in [2.45, 2.75) is 19.4 Å². The van der Waals surface area contributed by atoms with Crippen molar-refractivity contribution in [1.82, 2.24) is 0 Å². The largest absolute Gasteiger partial charge is 1.00 e. The topological polar surface area (TPSA) is 49.4 Å². The molecule has 4 heteroatoms. The Balaban J connectivity index is 0. The summed E-state index contributed by atoms with van der Waals surface area (Å²) in [7, 11) is 0. The van der Waals surface area contributed by atoms with E-state index in [0.717, 1.165) is 0 Å². The second-order valence-corrected chi connectivity index (χ2v) is 1.79. The van der Waals surface area contributed by atoms with Crippen LogP contribution >= 0.6 is 0 Å². The van der Waals surface area contributed by atoms with Gasteiger partial charge in [0, 0.05) is 6.61 Å². The van der Waals surface area contributed by atoms with E-state index in [4.69, 9.17) is 4.74 Å². The maximum absolute atomic E-state index is 10.2. The Bertz CT molecular complexity index is 125. The van der Waals surface area contributed by atoms with Crippen LogP contribution in [-0.2, 0) is 9.53 Å². The van der Waals surface area contributed by atoms with Gasteiger partial charge in [-0.2, -0.15) is 0 Å². The van der Waals surface area contributed by atoms with Gasteiger partial charge in [0.1, 0.15) is 6.10 Å². The molecule has 0 aliphatic carbocycles. The van der Waals surface area contributed by atoms with Crippen molar-refractivity contribution in [3.05, 3.63) is 12.7 Å². The maximum Gasteiger partial charge on any atom is 1.00 e. The smallest absolute Gasteiger partial charge is 0.547 e. The molecule has 0 spiro atoms. The molecule has 0 rings (SSSR count). The predicted molar refractivity (Wildman–Crippen MR) is 35.2 cm³/mol. The Morgan fingerprint density at radius 3 is 2.64 bits per heavy atom. The van der Waals surface area contributed by atoms with Gasteiger partial charge in [0.05, 0.1) is 5.97 Å². The summed E-state index contributed by atoms with van der Waals surface area (Å²) in [6, 6.07) is 0. The molecule has 0 fully saturated rings. The van der Waals surface area contributed by atoms with Crippen molar-refractivity contribution in [3.8, 4) is 0 Å². The number of carboxylic acids is 1. The molecule has 0 aliphatic rings. The molecule has 0 amide bonds. The summed E-state index contributed by atoms with van der Waals surface area (Å²) in [5.41, 5.74) is 0. The molecule has 58 valence electrons. The molecule has 0 aromatic heterocycles. The fourth-order valence-electron chi connectivity index (χ4n) is 0.585. The van der Waals surface area contributed by atoms with E-state index >= 15 is 0 Å². The number of rotatable bonds is 5. The third kappa shape index (κ3) is 6.56. The molecule has 11 heavy (non-hydrogen) atoms. The van der Waals surface area contributed by atoms with Gasteiger partial charge in [0.2, 0.25) is 0 Å². The number of carbonyl (C=O) groups is 1. The molecule has 1 atom stereocenters. The summed E-state index contributed by atoms with van der Waals surface area (Å²) in [5.74, 6) is -1.18. The van der Waals surface area contributed by atoms with E-state index in [1.54, 1.807) is 6.92 Å². The van der Waals surface area contributed by atoms with Gasteiger partial charge in [0.15, 0.2) is 0 Å². The molecule has 0 heterocycles. The molecular weight excluding hydrogens is 155 g/mol. The standard InChI is InChI=1S/C7H12O3.Na/c1-3-5-6(7(8)9)10-4-2;/h3,6H,1,4-5H2,2H3,(H,8,9);/q;+1/p-1. The zero-order valence-corrected chi connectivity index (χ0v) is 9.00. The van der Waals surface area contributed by atoms with Crippen LogP contribution in [0.25, 0.3) is 0 Å². The zero-order valence-electron chi connectivity index (χ0n) is 7.00. The second-order valence-electron chi connectivity index (χ2n) is 1.79. The molecule has 0 aromatic carbocycles. The minimum Gasteiger partial charge on any atom is -0.547 e. The molecule has 0 bridgehead atoms. The predicted octanol–water partition coefficient (Wildman–Crippen LogP) is -3.28. The van der Waals surface area contributed by atoms with Gasteiger partial charge >= 0.3 is 29.6 Å². The number of hydrogen-bond donors (Lipinski definition) is 0. The van der Waals surface area contributed by atoms with Crippen molar-refractivity contribution in [1.29, 1.82) is 0 Å². The molecule has 0 aliphatic heterocycles. The van der Waals surface area contributed by atoms with Crippen molar-refractivity contribution >= 4 is 5.97 Å². The first-order chi connectivity index (χ1) is 4.72. The van der Waals surface area contributed by atoms with Gasteiger partial charge in [-0.05, 0) is 13.3 Å². The first kappa shape index (κ1) is 13.7. The average molecular weight is 166 g/mol. The van der Waals surface area contributed by atoms with Gasteiger partial charge in [-0.15, -0.1) is 6.58 Å². The van der Waals surface area contributed by atoms with E-state index in [2.05, 4.69) is 6.58 Å². The van der Waals surface area contributed by atoms with Crippen LogP contribution in [0.3, 0.4) is 0 Å². The summed E-state index contributed by atoms with van der Waals surface area (Å²) in [5, 5.41) is 10.2. The maximum atomic E-state index is 10.2. The van der Waals surface area contributed by atoms with Gasteiger partial charge in [-0.1, -0.05) is 6.08 Å². The van der Waals surface area contributed by atoms with E-state index < -0.39 is 12.1 Å². The number of carboxylic acid groups (broad SMARTS) is 1. The van der Waals surface area contributed by atoms with Crippen LogP contribution in [0.4, 0.5) is 0 Å². The number of carbonyl (C=O) groups excluding carboxylic acids is 1. The second kappa shape index (κ2) is 8.27. The summed E-state index contributed by atoms with van der Waals surface area (Å²) in [6.07, 6.45) is 0.967. The minimum atomic E-state index is -1.18. The third-order valence-corrected chi connectivity index (χ3v) is 1.01. The van der Waals surface area contributed by atoms with Gasteiger partial charge in [-0.3, -0.25) is 0 Å². The third-order valence-electron chi connectivity index (χ3n) is 1.01. The van der Waals surface area contributed by atoms with E-state index in [1.165, 1.54) is 6.08 Å². The number of aliphatic carboxylic acids is 1. The van der Waals surface area contributed by atoms with Crippen LogP contribution in [0.5, 0.6) is 0 Å². The summed E-state index contributed by atoms with van der Waals surface area (Å²) in [4.78, 5) is 10.2. The Hall–Kier alpha value is 0.170. The molecule has 0 N–H and O–H groups in total. The van der Waals surface area contributed by atoms with Gasteiger partial charge < -0.3 is 14.6 Å². The van der Waals surface area contributed by atoms with Crippen LogP contribution < -0.4 is 34.7 Å². The van der Waals surface area contributed by atoms with Crippen LogP contribution in [0.15, 0.2) is 12.7 Å². The van der Waals surface area contributed by atoms with Gasteiger partial charge in [-0.25, -0.2) is 0 Å². The van der Waals surface area contributed by atoms with Crippen molar-refractivity contribution in [3.63, 3.8) is 0 Å². The summed E-state index contributed by atoms with van der Waals surface area (Å²) < 4.78 is 4.81. The molecule has 0 saturated carbocycles. The van der Waals surface area contributed by atoms with Crippen LogP contribution in [-0.4, -0.2) is 18.7 Å². The van der Waals surface area contributed by atoms with E-state index in [-0.39, 0.29) is 29.6 Å². The van der Waals surface area contributed by atoms with Crippen LogP contribution in [0, 0.1) is 0 Å². The van der Waals surface area contributed by atoms with Crippen molar-refractivity contribution < 1.29 is 44.2 Å². The fourth-order valence-corrected chi connectivity index (χ4v) is 0.585. The Labute approximate surface area is 88.7 Å². The molecule has 0 saturated heterocycles. The Kier molecular flexibility index (Phi) is 10.3. The SMILES string of the molecule is C=CCC(OCC)C(=O)[O-].[Na+]. The monoisotopic (exact) mass is 166 g/mol. The van der Waals surface area contributed by atoms with Crippen molar-refractivity contribution in [2.24, 2.45) is 0 Å². The zero-order chi connectivity index (χ0) is 7.98. The van der Waals surface area contributed by atoms with E-state index in [9.17, 15) is 9.90 Å². The van der Waals surface area contributed by atoms with E-state index in [1.807, 2.05) is 0 Å². The fraction of sp³-hybridized carbons (Fsp3) is 0.571. The van der Waals surface area contributed by atoms with Crippen LogP contribution in [0.2, 0.25) is 0 Å². The van der Waals surface area contributed by atoms with Crippen molar-refractivity contribution in [2.75, 3.05) is 6.61 Å². The molecule has 3 nitrogen and oxygen atoms in total. The molecule has 0 radical (unpaired) electrons. The van der Waals surface area contributed by atoms with Gasteiger partial charge in [0.25, 0.3) is 0 Å². The minimum absolute atomic E-state index is 0. The average Bonchev–Trinajstić information content (AvgIpc) is 1.87. The summed E-state index contributed by atoms with van der Waals surface area (Å²) in [6.45, 7) is 5.51. The van der Waals surface area contributed by atoms with E-state index in [0.29, 0.717) is 13.0 Å². The quantitative estimate of drug-likeness (QED) is 0.318. The number of hydrogen-bond acceptors (Lipinski definition) is 3. The number of ether oxygens (including phenoxy) is 1. The molecule has 0 aromatic rings. The Morgan fingerprint density at radius 2 is 2.36 bits per heavy atom. The summed E-state index contributed by atoms with van der Waals surface area (Å²) >= 11 is 0. The van der Waals surface area contributed by atoms with Crippen LogP contribution in [0.1, 0.15) is 13.3 Å². The molecular formula is C7H11NaO3. The first-order valence-electron chi connectivity index (χ1n) is 3.15. The normalized spacial score (nSPS) is 11.4. The Morgan fingerprint density at radius 1 is 1.82 bits per heavy atom. The molecule has 1 unspecified atom stereocenters. The first-order valence-corrected chi connectivity index (χ1v) is 3.15.